The van der Waals surface area contributed by atoms with Crippen molar-refractivity contribution in [2.45, 2.75) is 50.3 Å². The van der Waals surface area contributed by atoms with Crippen molar-refractivity contribution >= 4 is 22.4 Å². The number of rotatable bonds is 2. The van der Waals surface area contributed by atoms with Gasteiger partial charge in [-0.05, 0) is 44.5 Å². The molecule has 0 aliphatic carbocycles. The van der Waals surface area contributed by atoms with Crippen LogP contribution in [0, 0.1) is 0 Å². The van der Waals surface area contributed by atoms with Crippen LogP contribution in [-0.4, -0.2) is 44.0 Å². The highest BCUT2D eigenvalue weighted by Crippen LogP contribution is 2.32. The van der Waals surface area contributed by atoms with Gasteiger partial charge in [-0.3, -0.25) is 0 Å². The average molecular weight is 347 g/mol. The van der Waals surface area contributed by atoms with Crippen LogP contribution in [0.15, 0.2) is 23.1 Å². The van der Waals surface area contributed by atoms with Crippen molar-refractivity contribution in [2.75, 3.05) is 13.1 Å². The van der Waals surface area contributed by atoms with Gasteiger partial charge in [-0.2, -0.15) is 4.31 Å². The van der Waals surface area contributed by atoms with Crippen LogP contribution in [0.5, 0.6) is 5.75 Å². The molecule has 0 radical (unpaired) electrons. The molecular formula is C15H23ClN2O3S. The minimum absolute atomic E-state index is 0. The molecule has 0 saturated carbocycles. The number of benzene rings is 1. The molecule has 0 spiro atoms. The number of hydrogen-bond donors (Lipinski definition) is 1. The van der Waals surface area contributed by atoms with Crippen LogP contribution in [0.1, 0.15) is 26.3 Å². The summed E-state index contributed by atoms with van der Waals surface area (Å²) in [6.07, 6.45) is 0.891. The van der Waals surface area contributed by atoms with Crippen molar-refractivity contribution in [1.29, 1.82) is 0 Å². The van der Waals surface area contributed by atoms with Crippen LogP contribution in [0.25, 0.3) is 0 Å². The molecule has 2 aliphatic heterocycles. The molecule has 3 atom stereocenters. The first-order valence-corrected chi connectivity index (χ1v) is 8.88. The van der Waals surface area contributed by atoms with Crippen molar-refractivity contribution in [3.8, 4) is 5.75 Å². The lowest BCUT2D eigenvalue weighted by atomic mass is 10.1. The minimum atomic E-state index is -3.45. The number of sulfonamides is 1. The highest BCUT2D eigenvalue weighted by atomic mass is 35.5. The van der Waals surface area contributed by atoms with Crippen LogP contribution >= 0.6 is 12.4 Å². The van der Waals surface area contributed by atoms with Gasteiger partial charge in [-0.1, -0.05) is 0 Å². The van der Waals surface area contributed by atoms with Crippen LogP contribution < -0.4 is 10.1 Å². The first kappa shape index (κ1) is 17.5. The summed E-state index contributed by atoms with van der Waals surface area (Å²) in [4.78, 5) is 0.375. The molecule has 1 aromatic rings. The van der Waals surface area contributed by atoms with Gasteiger partial charge in [0.05, 0.1) is 4.90 Å². The molecule has 1 saturated heterocycles. The smallest absolute Gasteiger partial charge is 0.243 e. The molecular weight excluding hydrogens is 324 g/mol. The first-order chi connectivity index (χ1) is 9.89. The molecule has 0 amide bonds. The van der Waals surface area contributed by atoms with E-state index in [1.807, 2.05) is 20.8 Å². The molecule has 2 aliphatic rings. The molecule has 1 N–H and O–H groups in total. The third-order valence-corrected chi connectivity index (χ3v) is 6.43. The second-order valence-electron chi connectivity index (χ2n) is 6.00. The highest BCUT2D eigenvalue weighted by molar-refractivity contribution is 7.89. The number of piperazine rings is 1. The zero-order valence-corrected chi connectivity index (χ0v) is 14.7. The number of halogens is 1. The summed E-state index contributed by atoms with van der Waals surface area (Å²) >= 11 is 0. The van der Waals surface area contributed by atoms with Crippen molar-refractivity contribution in [3.63, 3.8) is 0 Å². The van der Waals surface area contributed by atoms with E-state index in [0.29, 0.717) is 18.0 Å². The fourth-order valence-corrected chi connectivity index (χ4v) is 4.81. The van der Waals surface area contributed by atoms with Crippen LogP contribution in [0.2, 0.25) is 0 Å². The van der Waals surface area contributed by atoms with E-state index in [1.165, 1.54) is 0 Å². The van der Waals surface area contributed by atoms with E-state index in [4.69, 9.17) is 4.74 Å². The molecule has 0 bridgehead atoms. The highest BCUT2D eigenvalue weighted by Gasteiger charge is 2.35. The number of nitrogens with zero attached hydrogens (tertiary/aromatic N) is 1. The Hall–Kier alpha value is -0.820. The zero-order valence-electron chi connectivity index (χ0n) is 13.1. The quantitative estimate of drug-likeness (QED) is 0.887. The molecule has 124 valence electrons. The van der Waals surface area contributed by atoms with Gasteiger partial charge >= 0.3 is 0 Å². The molecule has 22 heavy (non-hydrogen) atoms. The van der Waals surface area contributed by atoms with E-state index in [0.717, 1.165) is 17.7 Å². The lowest BCUT2D eigenvalue weighted by molar-refractivity contribution is 0.233. The third-order valence-electron chi connectivity index (χ3n) is 4.45. The Bertz CT molecular complexity index is 650. The Kier molecular flexibility index (Phi) is 5.06. The van der Waals surface area contributed by atoms with Gasteiger partial charge in [0.15, 0.2) is 0 Å². The maximum absolute atomic E-state index is 12.9. The van der Waals surface area contributed by atoms with Crippen molar-refractivity contribution in [1.82, 2.24) is 9.62 Å². The summed E-state index contributed by atoms with van der Waals surface area (Å²) in [5.41, 5.74) is 0.986. The number of ether oxygens (including phenoxy) is 1. The van der Waals surface area contributed by atoms with Crippen molar-refractivity contribution < 1.29 is 13.2 Å². The summed E-state index contributed by atoms with van der Waals surface area (Å²) in [5.74, 6) is 0.808. The van der Waals surface area contributed by atoms with Gasteiger partial charge in [0, 0.05) is 31.6 Å². The summed E-state index contributed by atoms with van der Waals surface area (Å²) < 4.78 is 33.0. The summed E-state index contributed by atoms with van der Waals surface area (Å²) in [7, 11) is -3.45. The van der Waals surface area contributed by atoms with Gasteiger partial charge in [-0.15, -0.1) is 12.4 Å². The van der Waals surface area contributed by atoms with Crippen LogP contribution in [-0.2, 0) is 16.4 Å². The Balaban J connectivity index is 0.00000176. The van der Waals surface area contributed by atoms with E-state index in [2.05, 4.69) is 5.32 Å². The van der Waals surface area contributed by atoms with Crippen LogP contribution in [0.4, 0.5) is 0 Å². The van der Waals surface area contributed by atoms with Gasteiger partial charge in [0.2, 0.25) is 10.0 Å². The largest absolute Gasteiger partial charge is 0.490 e. The second-order valence-corrected chi connectivity index (χ2v) is 7.89. The normalized spacial score (nSPS) is 28.6. The first-order valence-electron chi connectivity index (χ1n) is 7.44. The molecule has 7 heteroatoms. The lowest BCUT2D eigenvalue weighted by Crippen LogP contribution is -2.57. The Morgan fingerprint density at radius 2 is 2.00 bits per heavy atom. The minimum Gasteiger partial charge on any atom is -0.490 e. The molecule has 3 unspecified atom stereocenters. The van der Waals surface area contributed by atoms with Gasteiger partial charge < -0.3 is 10.1 Å². The average Bonchev–Trinajstić information content (AvgIpc) is 2.80. The predicted molar refractivity (Wildman–Crippen MR) is 88.3 cm³/mol. The molecule has 1 fully saturated rings. The van der Waals surface area contributed by atoms with E-state index < -0.39 is 10.0 Å². The maximum Gasteiger partial charge on any atom is 0.243 e. The van der Waals surface area contributed by atoms with E-state index >= 15 is 0 Å². The molecule has 1 aromatic carbocycles. The Morgan fingerprint density at radius 1 is 1.27 bits per heavy atom. The van der Waals surface area contributed by atoms with Gasteiger partial charge in [0.25, 0.3) is 0 Å². The van der Waals surface area contributed by atoms with Crippen molar-refractivity contribution in [2.24, 2.45) is 0 Å². The molecule has 0 aromatic heterocycles. The Morgan fingerprint density at radius 3 is 2.73 bits per heavy atom. The molecule has 2 heterocycles. The standard InChI is InChI=1S/C15H22N2O3S.ClH/c1-10-8-13-9-14(4-5-15(13)20-10)21(18,19)17-7-6-16-11(2)12(17)3;/h4-5,9-12,16H,6-8H2,1-3H3;1H. The summed E-state index contributed by atoms with van der Waals surface area (Å²) in [6, 6.07) is 5.32. The van der Waals surface area contributed by atoms with Gasteiger partial charge in [0.1, 0.15) is 11.9 Å². The number of fused-ring (bicyclic) bond motifs is 1. The fourth-order valence-electron chi connectivity index (χ4n) is 3.06. The Labute approximate surface area is 138 Å². The summed E-state index contributed by atoms with van der Waals surface area (Å²) in [5, 5.41) is 3.31. The van der Waals surface area contributed by atoms with E-state index in [9.17, 15) is 8.42 Å². The third kappa shape index (κ3) is 2.97. The van der Waals surface area contributed by atoms with E-state index in [1.54, 1.807) is 22.5 Å². The van der Waals surface area contributed by atoms with Gasteiger partial charge in [-0.25, -0.2) is 8.42 Å². The SMILES string of the molecule is CC1Cc2cc(S(=O)(=O)N3CCNC(C)C3C)ccc2O1.Cl. The van der Waals surface area contributed by atoms with E-state index in [-0.39, 0.29) is 30.6 Å². The van der Waals surface area contributed by atoms with Crippen molar-refractivity contribution in [3.05, 3.63) is 23.8 Å². The second kappa shape index (κ2) is 6.35. The summed E-state index contributed by atoms with van der Waals surface area (Å²) in [6.45, 7) is 7.17. The molecule has 5 nitrogen and oxygen atoms in total. The molecule has 3 rings (SSSR count). The fraction of sp³-hybridized carbons (Fsp3) is 0.600. The predicted octanol–water partition coefficient (Wildman–Crippen LogP) is 1.80. The topological polar surface area (TPSA) is 58.6 Å². The maximum atomic E-state index is 12.9. The lowest BCUT2D eigenvalue weighted by Gasteiger charge is -2.37. The number of nitrogens with one attached hydrogen (secondary N) is 1. The number of hydrogen-bond acceptors (Lipinski definition) is 4. The monoisotopic (exact) mass is 346 g/mol. The van der Waals surface area contributed by atoms with Crippen LogP contribution in [0.3, 0.4) is 0 Å². The zero-order chi connectivity index (χ0) is 15.2.